The maximum atomic E-state index is 12.2. The van der Waals surface area contributed by atoms with Crippen LogP contribution in [0.1, 0.15) is 51.5 Å². The van der Waals surface area contributed by atoms with Crippen LogP contribution >= 0.6 is 0 Å². The van der Waals surface area contributed by atoms with Crippen LogP contribution in [-0.4, -0.2) is 11.1 Å². The number of carbonyl (C=O) groups is 1. The first kappa shape index (κ1) is 14.7. The Bertz CT molecular complexity index is 748. The summed E-state index contributed by atoms with van der Waals surface area (Å²) in [5.41, 5.74) is 2.93. The summed E-state index contributed by atoms with van der Waals surface area (Å²) in [5, 5.41) is 10.0. The highest BCUT2D eigenvalue weighted by atomic mass is 16.4. The second-order valence-electron chi connectivity index (χ2n) is 9.27. The van der Waals surface area contributed by atoms with Crippen molar-refractivity contribution in [1.29, 1.82) is 0 Å². The van der Waals surface area contributed by atoms with Gasteiger partial charge in [-0.05, 0) is 60.8 Å². The molecule has 1 N–H and O–H groups in total. The van der Waals surface area contributed by atoms with Gasteiger partial charge in [0.25, 0.3) is 0 Å². The van der Waals surface area contributed by atoms with Gasteiger partial charge >= 0.3 is 5.97 Å². The fraction of sp³-hybridized carbons (Fsp3) is 0.591. The molecule has 2 bridgehead atoms. The van der Waals surface area contributed by atoms with Crippen LogP contribution in [0.15, 0.2) is 42.0 Å². The number of aliphatic carboxylic acids is 1. The lowest BCUT2D eigenvalue weighted by atomic mass is 9.29. The van der Waals surface area contributed by atoms with Crippen LogP contribution in [0.5, 0.6) is 0 Å². The SMILES string of the molecule is CC(C)C/C=C1/C2CC3(C(=O)O)CC4(c5ccccc5)CC1C24C3. The van der Waals surface area contributed by atoms with Gasteiger partial charge in [-0.25, -0.2) is 0 Å². The van der Waals surface area contributed by atoms with E-state index >= 15 is 0 Å². The molecule has 1 spiro atoms. The summed E-state index contributed by atoms with van der Waals surface area (Å²) in [6.07, 6.45) is 7.44. The number of rotatable bonds is 4. The molecule has 0 aliphatic heterocycles. The molecule has 4 aliphatic rings. The topological polar surface area (TPSA) is 37.3 Å². The zero-order valence-corrected chi connectivity index (χ0v) is 14.6. The molecule has 1 aromatic rings. The van der Waals surface area contributed by atoms with Gasteiger partial charge in [-0.3, -0.25) is 4.79 Å². The van der Waals surface area contributed by atoms with E-state index in [1.165, 1.54) is 12.0 Å². The van der Waals surface area contributed by atoms with Crippen molar-refractivity contribution in [1.82, 2.24) is 0 Å². The number of allylic oxidation sites excluding steroid dienone is 2. The maximum Gasteiger partial charge on any atom is 0.309 e. The lowest BCUT2D eigenvalue weighted by Crippen LogP contribution is -2.70. The van der Waals surface area contributed by atoms with Crippen molar-refractivity contribution in [2.24, 2.45) is 28.6 Å². The Morgan fingerprint density at radius 3 is 2.58 bits per heavy atom. The third kappa shape index (κ3) is 1.39. The molecular formula is C22H26O2. The van der Waals surface area contributed by atoms with E-state index in [-0.39, 0.29) is 10.8 Å². The fourth-order valence-corrected chi connectivity index (χ4v) is 7.19. The molecule has 4 aliphatic carbocycles. The van der Waals surface area contributed by atoms with Crippen molar-refractivity contribution in [3.8, 4) is 0 Å². The first-order valence-electron chi connectivity index (χ1n) is 9.44. The molecule has 0 heterocycles. The highest BCUT2D eigenvalue weighted by Gasteiger charge is 2.87. The first-order chi connectivity index (χ1) is 11.5. The summed E-state index contributed by atoms with van der Waals surface area (Å²) in [6, 6.07) is 10.8. The molecule has 0 aromatic heterocycles. The summed E-state index contributed by atoms with van der Waals surface area (Å²) in [7, 11) is 0. The molecule has 5 rings (SSSR count). The number of hydrogen-bond acceptors (Lipinski definition) is 1. The van der Waals surface area contributed by atoms with Gasteiger partial charge in [-0.2, -0.15) is 0 Å². The van der Waals surface area contributed by atoms with E-state index in [4.69, 9.17) is 0 Å². The van der Waals surface area contributed by atoms with Crippen LogP contribution in [0, 0.1) is 28.6 Å². The van der Waals surface area contributed by atoms with E-state index in [1.807, 2.05) is 0 Å². The molecule has 0 radical (unpaired) electrons. The van der Waals surface area contributed by atoms with E-state index in [9.17, 15) is 9.90 Å². The normalized spacial score (nSPS) is 45.9. The molecule has 0 saturated heterocycles. The number of benzene rings is 1. The largest absolute Gasteiger partial charge is 0.481 e. The molecule has 0 amide bonds. The van der Waals surface area contributed by atoms with Crippen molar-refractivity contribution in [3.63, 3.8) is 0 Å². The summed E-state index contributed by atoms with van der Waals surface area (Å²) in [6.45, 7) is 4.53. The minimum absolute atomic E-state index is 0.134. The average molecular weight is 322 g/mol. The lowest BCUT2D eigenvalue weighted by molar-refractivity contribution is -0.159. The summed E-state index contributed by atoms with van der Waals surface area (Å²) >= 11 is 0. The van der Waals surface area contributed by atoms with Crippen molar-refractivity contribution in [2.45, 2.75) is 51.4 Å². The smallest absolute Gasteiger partial charge is 0.309 e. The zero-order valence-electron chi connectivity index (χ0n) is 14.6. The molecule has 126 valence electrons. The highest BCUT2D eigenvalue weighted by molar-refractivity contribution is 5.79. The van der Waals surface area contributed by atoms with Gasteiger partial charge in [-0.1, -0.05) is 55.8 Å². The van der Waals surface area contributed by atoms with Gasteiger partial charge in [0, 0.05) is 5.41 Å². The van der Waals surface area contributed by atoms with Gasteiger partial charge < -0.3 is 5.11 Å². The quantitative estimate of drug-likeness (QED) is 0.808. The average Bonchev–Trinajstić information content (AvgIpc) is 3.01. The third-order valence-electron chi connectivity index (χ3n) is 7.96. The predicted octanol–water partition coefficient (Wildman–Crippen LogP) is 4.80. The van der Waals surface area contributed by atoms with Gasteiger partial charge in [-0.15, -0.1) is 0 Å². The summed E-state index contributed by atoms with van der Waals surface area (Å²) in [5.74, 6) is 1.32. The van der Waals surface area contributed by atoms with Crippen LogP contribution in [0.3, 0.4) is 0 Å². The molecule has 5 atom stereocenters. The van der Waals surface area contributed by atoms with Crippen LogP contribution in [0.4, 0.5) is 0 Å². The Labute approximate surface area is 144 Å². The standard InChI is InChI=1S/C22H26O2/c1-14(2)8-9-16-17-10-20(19(23)24)12-21(15-6-4-3-5-7-15)11-18(16)22(17,21)13-20/h3-7,9,14,17-18H,8,10-13H2,1-2H3,(H,23,24)/b16-9-. The molecular weight excluding hydrogens is 296 g/mol. The molecule has 5 unspecified atom stereocenters. The van der Waals surface area contributed by atoms with Crippen molar-refractivity contribution < 1.29 is 9.90 Å². The van der Waals surface area contributed by atoms with E-state index in [0.717, 1.165) is 25.7 Å². The second kappa shape index (κ2) is 4.33. The van der Waals surface area contributed by atoms with Crippen LogP contribution < -0.4 is 0 Å². The summed E-state index contributed by atoms with van der Waals surface area (Å²) < 4.78 is 0. The number of fused-ring (bicyclic) bond motifs is 1. The predicted molar refractivity (Wildman–Crippen MR) is 93.6 cm³/mol. The number of carboxylic acids is 1. The Balaban J connectivity index is 1.59. The molecule has 2 heteroatoms. The zero-order chi connectivity index (χ0) is 16.7. The Morgan fingerprint density at radius 1 is 1.21 bits per heavy atom. The van der Waals surface area contributed by atoms with E-state index in [2.05, 4.69) is 50.3 Å². The van der Waals surface area contributed by atoms with E-state index < -0.39 is 11.4 Å². The fourth-order valence-electron chi connectivity index (χ4n) is 7.19. The van der Waals surface area contributed by atoms with Crippen molar-refractivity contribution >= 4 is 5.97 Å². The van der Waals surface area contributed by atoms with Crippen molar-refractivity contribution in [2.75, 3.05) is 0 Å². The summed E-state index contributed by atoms with van der Waals surface area (Å²) in [4.78, 5) is 12.2. The molecule has 4 fully saturated rings. The number of hydrogen-bond donors (Lipinski definition) is 1. The maximum absolute atomic E-state index is 12.2. The van der Waals surface area contributed by atoms with Crippen molar-refractivity contribution in [3.05, 3.63) is 47.5 Å². The Kier molecular flexibility index (Phi) is 2.66. The molecule has 4 saturated carbocycles. The molecule has 24 heavy (non-hydrogen) atoms. The van der Waals surface area contributed by atoms with Gasteiger partial charge in [0.15, 0.2) is 0 Å². The van der Waals surface area contributed by atoms with Crippen LogP contribution in [0.25, 0.3) is 0 Å². The monoisotopic (exact) mass is 322 g/mol. The molecule has 2 nitrogen and oxygen atoms in total. The number of carboxylic acid groups (broad SMARTS) is 1. The van der Waals surface area contributed by atoms with E-state index in [0.29, 0.717) is 17.8 Å². The third-order valence-corrected chi connectivity index (χ3v) is 7.96. The Morgan fingerprint density at radius 2 is 1.92 bits per heavy atom. The van der Waals surface area contributed by atoms with Crippen LogP contribution in [0.2, 0.25) is 0 Å². The first-order valence-corrected chi connectivity index (χ1v) is 9.44. The van der Waals surface area contributed by atoms with E-state index in [1.54, 1.807) is 5.57 Å². The van der Waals surface area contributed by atoms with Crippen LogP contribution in [-0.2, 0) is 10.2 Å². The second-order valence-corrected chi connectivity index (χ2v) is 9.27. The van der Waals surface area contributed by atoms with Gasteiger partial charge in [0.05, 0.1) is 5.41 Å². The van der Waals surface area contributed by atoms with Gasteiger partial charge in [0.1, 0.15) is 0 Å². The van der Waals surface area contributed by atoms with Gasteiger partial charge in [0.2, 0.25) is 0 Å². The lowest BCUT2D eigenvalue weighted by Gasteiger charge is -2.74. The minimum atomic E-state index is -0.544. The Hall–Kier alpha value is -1.57. The minimum Gasteiger partial charge on any atom is -0.481 e. The molecule has 1 aromatic carbocycles. The highest BCUT2D eigenvalue weighted by Crippen LogP contribution is 2.90.